The van der Waals surface area contributed by atoms with Crippen LogP contribution < -0.4 is 5.73 Å². The summed E-state index contributed by atoms with van der Waals surface area (Å²) in [6.07, 6.45) is 0. The number of anilines is 1. The highest BCUT2D eigenvalue weighted by atomic mass is 32.1. The topological polar surface area (TPSA) is 65.2 Å². The molecule has 0 atom stereocenters. The first kappa shape index (κ1) is 15.5. The van der Waals surface area contributed by atoms with Crippen molar-refractivity contribution in [2.45, 2.75) is 39.7 Å². The molecule has 0 unspecified atom stereocenters. The normalized spacial score (nSPS) is 11.4. The molecule has 21 heavy (non-hydrogen) atoms. The summed E-state index contributed by atoms with van der Waals surface area (Å²) >= 11 is 1.50. The lowest BCUT2D eigenvalue weighted by molar-refractivity contribution is 0.0473. The van der Waals surface area contributed by atoms with Crippen molar-refractivity contribution >= 4 is 23.0 Å². The van der Waals surface area contributed by atoms with Crippen LogP contribution in [-0.2, 0) is 16.8 Å². The Morgan fingerprint density at radius 3 is 2.71 bits per heavy atom. The van der Waals surface area contributed by atoms with Gasteiger partial charge in [-0.3, -0.25) is 0 Å². The number of rotatable bonds is 3. The number of thiazole rings is 1. The molecule has 0 saturated carbocycles. The van der Waals surface area contributed by atoms with Gasteiger partial charge in [0.15, 0.2) is 0 Å². The zero-order valence-electron chi connectivity index (χ0n) is 12.8. The van der Waals surface area contributed by atoms with Gasteiger partial charge in [0.2, 0.25) is 0 Å². The quantitative estimate of drug-likeness (QED) is 0.694. The fourth-order valence-electron chi connectivity index (χ4n) is 1.77. The van der Waals surface area contributed by atoms with Crippen molar-refractivity contribution in [2.75, 3.05) is 5.73 Å². The smallest absolute Gasteiger partial charge is 0.340 e. The van der Waals surface area contributed by atoms with E-state index in [1.807, 2.05) is 18.4 Å². The van der Waals surface area contributed by atoms with Gasteiger partial charge in [-0.25, -0.2) is 9.78 Å². The number of carbonyl (C=O) groups is 1. The highest BCUT2D eigenvalue weighted by Gasteiger charge is 2.18. The molecule has 1 aromatic carbocycles. The number of aryl methyl sites for hydroxylation is 1. The van der Waals surface area contributed by atoms with Crippen molar-refractivity contribution in [3.63, 3.8) is 0 Å². The van der Waals surface area contributed by atoms with Crippen LogP contribution in [0.4, 0.5) is 5.69 Å². The van der Waals surface area contributed by atoms with Gasteiger partial charge in [-0.05, 0) is 19.1 Å². The molecule has 1 heterocycles. The molecule has 1 aromatic heterocycles. The van der Waals surface area contributed by atoms with Crippen molar-refractivity contribution in [1.29, 1.82) is 0 Å². The van der Waals surface area contributed by atoms with Gasteiger partial charge < -0.3 is 10.5 Å². The minimum Gasteiger partial charge on any atom is -0.455 e. The summed E-state index contributed by atoms with van der Waals surface area (Å²) in [6, 6.07) is 5.32. The number of nitrogens with zero attached hydrogens (tertiary/aromatic N) is 1. The van der Waals surface area contributed by atoms with E-state index >= 15 is 0 Å². The van der Waals surface area contributed by atoms with E-state index in [1.54, 1.807) is 12.1 Å². The van der Waals surface area contributed by atoms with Crippen LogP contribution in [0.5, 0.6) is 0 Å². The van der Waals surface area contributed by atoms with Crippen LogP contribution in [0.15, 0.2) is 23.6 Å². The van der Waals surface area contributed by atoms with Crippen LogP contribution in [0.3, 0.4) is 0 Å². The van der Waals surface area contributed by atoms with E-state index in [1.165, 1.54) is 11.3 Å². The van der Waals surface area contributed by atoms with Gasteiger partial charge in [-0.15, -0.1) is 11.3 Å². The molecule has 112 valence electrons. The zero-order valence-corrected chi connectivity index (χ0v) is 13.6. The number of nitrogen functional groups attached to an aromatic ring is 1. The fraction of sp³-hybridized carbons (Fsp3) is 0.375. The Hall–Kier alpha value is -1.88. The second-order valence-corrected chi connectivity index (χ2v) is 6.99. The predicted octanol–water partition coefficient (Wildman–Crippen LogP) is 3.69. The maximum Gasteiger partial charge on any atom is 0.340 e. The molecule has 5 heteroatoms. The summed E-state index contributed by atoms with van der Waals surface area (Å²) in [5.41, 5.74) is 8.62. The van der Waals surface area contributed by atoms with E-state index in [2.05, 4.69) is 25.8 Å². The van der Waals surface area contributed by atoms with E-state index < -0.39 is 5.97 Å². The van der Waals surface area contributed by atoms with Crippen molar-refractivity contribution in [3.05, 3.63) is 45.4 Å². The molecule has 0 spiro atoms. The monoisotopic (exact) mass is 304 g/mol. The zero-order chi connectivity index (χ0) is 15.6. The number of benzene rings is 1. The molecule has 0 aliphatic heterocycles. The third-order valence-corrected chi connectivity index (χ3v) is 3.90. The molecule has 0 saturated heterocycles. The standard InChI is InChI=1S/C16H20N2O2S/c1-10-5-6-12(17)11(7-10)15(19)20-8-14-18-13(9-21-14)16(2,3)4/h5-7,9H,8,17H2,1-4H3. The van der Waals surface area contributed by atoms with Crippen molar-refractivity contribution < 1.29 is 9.53 Å². The Labute approximate surface area is 129 Å². The van der Waals surface area contributed by atoms with E-state index in [0.717, 1.165) is 16.3 Å². The Bertz CT molecular complexity index is 657. The van der Waals surface area contributed by atoms with E-state index in [0.29, 0.717) is 11.3 Å². The van der Waals surface area contributed by atoms with Gasteiger partial charge >= 0.3 is 5.97 Å². The molecule has 0 radical (unpaired) electrons. The van der Waals surface area contributed by atoms with Crippen molar-refractivity contribution in [1.82, 2.24) is 4.98 Å². The summed E-state index contributed by atoms with van der Waals surface area (Å²) in [5.74, 6) is -0.413. The van der Waals surface area contributed by atoms with Gasteiger partial charge in [-0.2, -0.15) is 0 Å². The number of esters is 1. The van der Waals surface area contributed by atoms with Crippen LogP contribution in [0.25, 0.3) is 0 Å². The lowest BCUT2D eigenvalue weighted by atomic mass is 9.93. The molecule has 0 amide bonds. The van der Waals surface area contributed by atoms with Crippen molar-refractivity contribution in [3.8, 4) is 0 Å². The second kappa shape index (κ2) is 5.85. The molecule has 2 aromatic rings. The predicted molar refractivity (Wildman–Crippen MR) is 85.5 cm³/mol. The van der Waals surface area contributed by atoms with Crippen LogP contribution in [0.1, 0.15) is 47.4 Å². The average molecular weight is 304 g/mol. The molecule has 4 nitrogen and oxygen atoms in total. The molecule has 0 aliphatic rings. The highest BCUT2D eigenvalue weighted by molar-refractivity contribution is 7.09. The van der Waals surface area contributed by atoms with E-state index in [4.69, 9.17) is 10.5 Å². The summed E-state index contributed by atoms with van der Waals surface area (Å²) in [6.45, 7) is 8.39. The highest BCUT2D eigenvalue weighted by Crippen LogP contribution is 2.24. The van der Waals surface area contributed by atoms with Crippen LogP contribution in [0, 0.1) is 6.92 Å². The fourth-order valence-corrected chi connectivity index (χ4v) is 2.71. The molecule has 2 rings (SSSR count). The number of ether oxygens (including phenoxy) is 1. The Morgan fingerprint density at radius 2 is 2.10 bits per heavy atom. The first-order chi connectivity index (χ1) is 9.77. The molecule has 0 fully saturated rings. The number of nitrogens with two attached hydrogens (primary N) is 1. The lowest BCUT2D eigenvalue weighted by Gasteiger charge is -2.14. The van der Waals surface area contributed by atoms with Gasteiger partial charge in [-0.1, -0.05) is 32.4 Å². The summed E-state index contributed by atoms with van der Waals surface area (Å²) in [5, 5.41) is 2.80. The third-order valence-electron chi connectivity index (χ3n) is 3.08. The maximum absolute atomic E-state index is 12.1. The summed E-state index contributed by atoms with van der Waals surface area (Å²) in [7, 11) is 0. The second-order valence-electron chi connectivity index (χ2n) is 6.04. The van der Waals surface area contributed by atoms with E-state index in [-0.39, 0.29) is 12.0 Å². The SMILES string of the molecule is Cc1ccc(N)c(C(=O)OCc2nc(C(C)(C)C)cs2)c1. The molecule has 0 bridgehead atoms. The maximum atomic E-state index is 12.1. The summed E-state index contributed by atoms with van der Waals surface area (Å²) in [4.78, 5) is 16.6. The number of carbonyl (C=O) groups excluding carboxylic acids is 1. The first-order valence-electron chi connectivity index (χ1n) is 6.75. The number of hydrogen-bond acceptors (Lipinski definition) is 5. The molecule has 2 N–H and O–H groups in total. The minimum atomic E-state index is -0.413. The number of hydrogen-bond donors (Lipinski definition) is 1. The van der Waals surface area contributed by atoms with Gasteiger partial charge in [0.05, 0.1) is 11.3 Å². The molecular weight excluding hydrogens is 284 g/mol. The lowest BCUT2D eigenvalue weighted by Crippen LogP contribution is -2.12. The molecular formula is C16H20N2O2S. The first-order valence-corrected chi connectivity index (χ1v) is 7.63. The van der Waals surface area contributed by atoms with Gasteiger partial charge in [0.1, 0.15) is 11.6 Å². The van der Waals surface area contributed by atoms with Crippen LogP contribution >= 0.6 is 11.3 Å². The summed E-state index contributed by atoms with van der Waals surface area (Å²) < 4.78 is 5.30. The van der Waals surface area contributed by atoms with Gasteiger partial charge in [0, 0.05) is 16.5 Å². The van der Waals surface area contributed by atoms with Gasteiger partial charge in [0.25, 0.3) is 0 Å². The van der Waals surface area contributed by atoms with Crippen LogP contribution in [0.2, 0.25) is 0 Å². The Balaban J connectivity index is 2.04. The largest absolute Gasteiger partial charge is 0.455 e. The Kier molecular flexibility index (Phi) is 4.32. The average Bonchev–Trinajstić information content (AvgIpc) is 2.87. The minimum absolute atomic E-state index is 0.000269. The Morgan fingerprint density at radius 1 is 1.38 bits per heavy atom. The molecule has 0 aliphatic carbocycles. The third kappa shape index (κ3) is 3.82. The van der Waals surface area contributed by atoms with Crippen LogP contribution in [-0.4, -0.2) is 11.0 Å². The number of aromatic nitrogens is 1. The van der Waals surface area contributed by atoms with E-state index in [9.17, 15) is 4.79 Å². The van der Waals surface area contributed by atoms with Crippen molar-refractivity contribution in [2.24, 2.45) is 0 Å².